The first-order valence-electron chi connectivity index (χ1n) is 10.9. The van der Waals surface area contributed by atoms with Gasteiger partial charge in [-0.2, -0.15) is 0 Å². The molecule has 0 radical (unpaired) electrons. The van der Waals surface area contributed by atoms with E-state index < -0.39 is 23.6 Å². The van der Waals surface area contributed by atoms with Gasteiger partial charge >= 0.3 is 12.1 Å². The van der Waals surface area contributed by atoms with E-state index in [1.165, 1.54) is 0 Å². The largest absolute Gasteiger partial charge is 0.481 e. The highest BCUT2D eigenvalue weighted by Crippen LogP contribution is 2.44. The predicted molar refractivity (Wildman–Crippen MR) is 119 cm³/mol. The minimum atomic E-state index is -0.951. The van der Waals surface area contributed by atoms with Gasteiger partial charge in [0.2, 0.25) is 5.91 Å². The maximum atomic E-state index is 12.8. The molecule has 7 nitrogen and oxygen atoms in total. The van der Waals surface area contributed by atoms with Crippen LogP contribution in [-0.4, -0.2) is 41.3 Å². The Kier molecular flexibility index (Phi) is 5.91. The van der Waals surface area contributed by atoms with E-state index in [9.17, 15) is 14.4 Å². The molecule has 0 heterocycles. The number of ether oxygens (including phenoxy) is 1. The van der Waals surface area contributed by atoms with Gasteiger partial charge < -0.3 is 20.5 Å². The smallest absolute Gasteiger partial charge is 0.407 e. The molecule has 0 aromatic heterocycles. The highest BCUT2D eigenvalue weighted by molar-refractivity contribution is 5.87. The molecule has 7 heteroatoms. The van der Waals surface area contributed by atoms with Gasteiger partial charge in [-0.3, -0.25) is 9.59 Å². The van der Waals surface area contributed by atoms with Crippen molar-refractivity contribution in [1.82, 2.24) is 10.6 Å². The fourth-order valence-electron chi connectivity index (χ4n) is 4.43. The number of fused-ring (bicyclic) bond motifs is 3. The number of alkyl carbamates (subject to hydrolysis) is 1. The summed E-state index contributed by atoms with van der Waals surface area (Å²) in [5.74, 6) is -1.58. The molecule has 2 aliphatic rings. The lowest BCUT2D eigenvalue weighted by molar-refractivity contribution is -0.138. The molecule has 2 aromatic carbocycles. The van der Waals surface area contributed by atoms with E-state index in [2.05, 4.69) is 22.8 Å². The van der Waals surface area contributed by atoms with Crippen molar-refractivity contribution in [3.8, 4) is 11.1 Å². The summed E-state index contributed by atoms with van der Waals surface area (Å²) in [5.41, 5.74) is 3.82. The van der Waals surface area contributed by atoms with Gasteiger partial charge in [0, 0.05) is 5.92 Å². The Morgan fingerprint density at radius 2 is 1.59 bits per heavy atom. The van der Waals surface area contributed by atoms with E-state index >= 15 is 0 Å². The van der Waals surface area contributed by atoms with Crippen LogP contribution in [0.1, 0.15) is 50.2 Å². The molecule has 3 N–H and O–H groups in total. The molecular weight excluding hydrogens is 408 g/mol. The average molecular weight is 437 g/mol. The van der Waals surface area contributed by atoms with Crippen molar-refractivity contribution in [1.29, 1.82) is 0 Å². The van der Waals surface area contributed by atoms with E-state index in [-0.39, 0.29) is 30.8 Å². The van der Waals surface area contributed by atoms with Gasteiger partial charge in [0.05, 0.1) is 12.0 Å². The van der Waals surface area contributed by atoms with Crippen LogP contribution < -0.4 is 10.6 Å². The summed E-state index contributed by atoms with van der Waals surface area (Å²) in [6.07, 6.45) is 0.472. The fraction of sp³-hybridized carbons (Fsp3) is 0.400. The first-order chi connectivity index (χ1) is 15.3. The van der Waals surface area contributed by atoms with Crippen LogP contribution in [0.4, 0.5) is 4.79 Å². The Morgan fingerprint density at radius 3 is 2.09 bits per heavy atom. The lowest BCUT2D eigenvalue weighted by Gasteiger charge is -2.25. The Hall–Kier alpha value is -3.35. The van der Waals surface area contributed by atoms with Crippen LogP contribution in [0.2, 0.25) is 0 Å². The number of hydrogen-bond acceptors (Lipinski definition) is 4. The second-order valence-corrected chi connectivity index (χ2v) is 9.03. The van der Waals surface area contributed by atoms with Crippen molar-refractivity contribution in [2.45, 2.75) is 50.6 Å². The number of hydrogen-bond donors (Lipinski definition) is 3. The van der Waals surface area contributed by atoms with Crippen molar-refractivity contribution in [2.75, 3.05) is 6.61 Å². The summed E-state index contributed by atoms with van der Waals surface area (Å²) < 4.78 is 5.56. The van der Waals surface area contributed by atoms with Crippen LogP contribution in [0.15, 0.2) is 48.5 Å². The zero-order chi connectivity index (χ0) is 22.9. The molecule has 0 bridgehead atoms. The van der Waals surface area contributed by atoms with Crippen LogP contribution in [-0.2, 0) is 14.3 Å². The summed E-state index contributed by atoms with van der Waals surface area (Å²) in [4.78, 5) is 36.4. The summed E-state index contributed by atoms with van der Waals surface area (Å²) in [6.45, 7) is 3.81. The van der Waals surface area contributed by atoms with Gasteiger partial charge in [0.25, 0.3) is 0 Å². The van der Waals surface area contributed by atoms with Crippen LogP contribution >= 0.6 is 0 Å². The highest BCUT2D eigenvalue weighted by Gasteiger charge is 2.47. The number of carboxylic acid groups (broad SMARTS) is 1. The van der Waals surface area contributed by atoms with E-state index in [1.54, 1.807) is 0 Å². The third-order valence-electron chi connectivity index (χ3n) is 6.30. The van der Waals surface area contributed by atoms with Gasteiger partial charge in [-0.1, -0.05) is 62.4 Å². The Balaban J connectivity index is 1.39. The molecule has 1 atom stereocenters. The van der Waals surface area contributed by atoms with Crippen molar-refractivity contribution in [2.24, 2.45) is 5.92 Å². The van der Waals surface area contributed by atoms with Crippen molar-refractivity contribution in [3.63, 3.8) is 0 Å². The molecule has 4 rings (SSSR count). The minimum absolute atomic E-state index is 0.0650. The third-order valence-corrected chi connectivity index (χ3v) is 6.30. The summed E-state index contributed by atoms with van der Waals surface area (Å²) in [6, 6.07) is 15.4. The molecule has 2 amide bonds. The minimum Gasteiger partial charge on any atom is -0.481 e. The number of rotatable bonds is 8. The normalized spacial score (nSPS) is 16.6. The van der Waals surface area contributed by atoms with Crippen molar-refractivity contribution >= 4 is 18.0 Å². The fourth-order valence-corrected chi connectivity index (χ4v) is 4.43. The van der Waals surface area contributed by atoms with E-state index in [0.717, 1.165) is 22.3 Å². The highest BCUT2D eigenvalue weighted by atomic mass is 16.5. The molecule has 1 saturated carbocycles. The van der Waals surface area contributed by atoms with E-state index in [0.29, 0.717) is 12.8 Å². The number of amides is 2. The second kappa shape index (κ2) is 8.65. The zero-order valence-electron chi connectivity index (χ0n) is 18.3. The lowest BCUT2D eigenvalue weighted by Crippen LogP contribution is -2.53. The predicted octanol–water partition coefficient (Wildman–Crippen LogP) is 3.67. The number of carbonyl (C=O) groups is 3. The maximum Gasteiger partial charge on any atom is 0.407 e. The van der Waals surface area contributed by atoms with E-state index in [4.69, 9.17) is 9.84 Å². The Morgan fingerprint density at radius 1 is 1.03 bits per heavy atom. The SMILES string of the molecule is CC(C)[C@@H](NC(=O)OCC1c2ccccc2-c2ccccc21)C(=O)NC1(CC(=O)O)CC1. The van der Waals surface area contributed by atoms with E-state index in [1.807, 2.05) is 50.2 Å². The van der Waals surface area contributed by atoms with Crippen molar-refractivity contribution in [3.05, 3.63) is 59.7 Å². The molecule has 0 unspecified atom stereocenters. The number of benzene rings is 2. The average Bonchev–Trinajstić information content (AvgIpc) is 3.41. The standard InChI is InChI=1S/C25H28N2O5/c1-15(2)22(23(30)27-25(11-12-25)13-21(28)29)26-24(31)32-14-20-18-9-5-3-7-16(18)17-8-4-6-10-19(17)20/h3-10,15,20,22H,11-14H2,1-2H3,(H,26,31)(H,27,30)(H,28,29)/t22-/m1/s1. The summed E-state index contributed by atoms with van der Waals surface area (Å²) >= 11 is 0. The molecular formula is C25H28N2O5. The van der Waals surface area contributed by atoms with Crippen LogP contribution in [0.25, 0.3) is 11.1 Å². The molecule has 0 saturated heterocycles. The number of aliphatic carboxylic acids is 1. The number of carboxylic acids is 1. The maximum absolute atomic E-state index is 12.8. The zero-order valence-corrected chi connectivity index (χ0v) is 18.3. The monoisotopic (exact) mass is 436 g/mol. The molecule has 2 aromatic rings. The number of carbonyl (C=O) groups excluding carboxylic acids is 2. The topological polar surface area (TPSA) is 105 Å². The first-order valence-corrected chi connectivity index (χ1v) is 10.9. The number of nitrogens with one attached hydrogen (secondary N) is 2. The third kappa shape index (κ3) is 4.47. The quantitative estimate of drug-likeness (QED) is 0.586. The van der Waals surface area contributed by atoms with Crippen molar-refractivity contribution < 1.29 is 24.2 Å². The first kappa shape index (κ1) is 21.9. The molecule has 2 aliphatic carbocycles. The molecule has 0 aliphatic heterocycles. The van der Waals surface area contributed by atoms with Gasteiger partial charge in [-0.05, 0) is 41.0 Å². The summed E-state index contributed by atoms with van der Waals surface area (Å²) in [7, 11) is 0. The van der Waals surface area contributed by atoms with Crippen LogP contribution in [0.3, 0.4) is 0 Å². The van der Waals surface area contributed by atoms with Gasteiger partial charge in [-0.15, -0.1) is 0 Å². The Bertz CT molecular complexity index is 999. The van der Waals surface area contributed by atoms with Gasteiger partial charge in [0.1, 0.15) is 12.6 Å². The molecule has 168 valence electrons. The lowest BCUT2D eigenvalue weighted by atomic mass is 9.98. The molecule has 32 heavy (non-hydrogen) atoms. The molecule has 0 spiro atoms. The summed E-state index contributed by atoms with van der Waals surface area (Å²) in [5, 5.41) is 14.6. The van der Waals surface area contributed by atoms with Crippen LogP contribution in [0.5, 0.6) is 0 Å². The van der Waals surface area contributed by atoms with Crippen LogP contribution in [0, 0.1) is 5.92 Å². The Labute approximate surface area is 187 Å². The second-order valence-electron chi connectivity index (χ2n) is 9.03. The van der Waals surface area contributed by atoms with Gasteiger partial charge in [-0.25, -0.2) is 4.79 Å². The van der Waals surface area contributed by atoms with Gasteiger partial charge in [0.15, 0.2) is 0 Å². The molecule has 1 fully saturated rings.